The molecule has 1 N–H and O–H groups in total. The summed E-state index contributed by atoms with van der Waals surface area (Å²) < 4.78 is 57.6. The van der Waals surface area contributed by atoms with E-state index < -0.39 is 18.4 Å². The van der Waals surface area contributed by atoms with Crippen LogP contribution in [-0.2, 0) is 17.6 Å². The number of rotatable bonds is 10. The minimum atomic E-state index is -4.74. The van der Waals surface area contributed by atoms with Gasteiger partial charge in [0.25, 0.3) is 0 Å². The van der Waals surface area contributed by atoms with E-state index in [1.54, 1.807) is 41.3 Å². The van der Waals surface area contributed by atoms with E-state index in [0.717, 1.165) is 5.56 Å². The van der Waals surface area contributed by atoms with Crippen LogP contribution in [-0.4, -0.2) is 54.2 Å². The molecule has 3 aromatic rings. The summed E-state index contributed by atoms with van der Waals surface area (Å²) >= 11 is 0. The number of hydrogen-bond donors (Lipinski definition) is 1. The Kier molecular flexibility index (Phi) is 9.36. The van der Waals surface area contributed by atoms with Crippen molar-refractivity contribution in [3.8, 4) is 23.0 Å². The first-order chi connectivity index (χ1) is 19.1. The number of amides is 1. The molecular weight excluding hydrogens is 531 g/mol. The number of aliphatic carboxylic acids is 1. The van der Waals surface area contributed by atoms with Crippen molar-refractivity contribution in [2.45, 2.75) is 38.1 Å². The number of benzene rings is 3. The zero-order valence-electron chi connectivity index (χ0n) is 21.4. The molecule has 8 nitrogen and oxygen atoms in total. The summed E-state index contributed by atoms with van der Waals surface area (Å²) in [7, 11) is 0. The Hall–Kier alpha value is -4.41. The highest BCUT2D eigenvalue weighted by Gasteiger charge is 2.31. The standard InChI is InChI=1S/C29H28F3NO7/c30-29(31,32)40-26-11-9-22(10-12-26)37-18-15-20-1-5-24(6-2-20)39-28(36)33-16-13-25(14-17-33)38-23-7-3-21(4-8-23)19-27(34)35/h1-12,25H,13-19H2,(H,34,35). The summed E-state index contributed by atoms with van der Waals surface area (Å²) in [6.45, 7) is 1.28. The normalized spacial score (nSPS) is 13.9. The second-order valence-electron chi connectivity index (χ2n) is 9.15. The summed E-state index contributed by atoms with van der Waals surface area (Å²) in [6, 6.07) is 19.2. The summed E-state index contributed by atoms with van der Waals surface area (Å²) in [5, 5.41) is 8.86. The average Bonchev–Trinajstić information content (AvgIpc) is 2.91. The Balaban J connectivity index is 1.16. The van der Waals surface area contributed by atoms with Crippen LogP contribution in [0.3, 0.4) is 0 Å². The molecule has 4 rings (SSSR count). The maximum absolute atomic E-state index is 12.6. The van der Waals surface area contributed by atoms with E-state index in [1.807, 2.05) is 12.1 Å². The molecule has 1 fully saturated rings. The summed E-state index contributed by atoms with van der Waals surface area (Å²) in [6.07, 6.45) is -3.44. The Labute approximate surface area is 228 Å². The molecule has 3 aromatic carbocycles. The average molecular weight is 560 g/mol. The minimum absolute atomic E-state index is 0.0390. The lowest BCUT2D eigenvalue weighted by Crippen LogP contribution is -2.43. The van der Waals surface area contributed by atoms with Crippen molar-refractivity contribution >= 4 is 12.1 Å². The number of hydrogen-bond acceptors (Lipinski definition) is 6. The molecule has 212 valence electrons. The second-order valence-corrected chi connectivity index (χ2v) is 9.15. The fourth-order valence-electron chi connectivity index (χ4n) is 4.12. The van der Waals surface area contributed by atoms with Crippen molar-refractivity contribution in [1.29, 1.82) is 0 Å². The zero-order valence-corrected chi connectivity index (χ0v) is 21.4. The summed E-state index contributed by atoms with van der Waals surface area (Å²) in [4.78, 5) is 25.0. The molecule has 40 heavy (non-hydrogen) atoms. The first-order valence-corrected chi connectivity index (χ1v) is 12.6. The molecule has 0 aromatic heterocycles. The highest BCUT2D eigenvalue weighted by Crippen LogP contribution is 2.25. The molecule has 1 amide bonds. The maximum Gasteiger partial charge on any atom is 0.573 e. The number of carbonyl (C=O) groups excluding carboxylic acids is 1. The smallest absolute Gasteiger partial charge is 0.493 e. The molecule has 0 aliphatic carbocycles. The van der Waals surface area contributed by atoms with Crippen LogP contribution in [0, 0.1) is 0 Å². The van der Waals surface area contributed by atoms with Crippen LogP contribution < -0.4 is 18.9 Å². The van der Waals surface area contributed by atoms with Crippen LogP contribution in [0.2, 0.25) is 0 Å². The summed E-state index contributed by atoms with van der Waals surface area (Å²) in [5.41, 5.74) is 1.64. The molecule has 1 aliphatic rings. The van der Waals surface area contributed by atoms with Crippen molar-refractivity contribution in [2.24, 2.45) is 0 Å². The molecule has 0 unspecified atom stereocenters. The van der Waals surface area contributed by atoms with E-state index in [-0.39, 0.29) is 18.3 Å². The number of ether oxygens (including phenoxy) is 4. The van der Waals surface area contributed by atoms with Crippen molar-refractivity contribution in [3.05, 3.63) is 83.9 Å². The Bertz CT molecular complexity index is 1250. The fourth-order valence-corrected chi connectivity index (χ4v) is 4.12. The van der Waals surface area contributed by atoms with E-state index in [2.05, 4.69) is 4.74 Å². The molecule has 1 heterocycles. The lowest BCUT2D eigenvalue weighted by Gasteiger charge is -2.31. The monoisotopic (exact) mass is 559 g/mol. The van der Waals surface area contributed by atoms with Crippen LogP contribution in [0.4, 0.5) is 18.0 Å². The molecule has 0 saturated carbocycles. The number of piperidine rings is 1. The summed E-state index contributed by atoms with van der Waals surface area (Å²) in [5.74, 6) is 0.290. The number of carboxylic acids is 1. The second kappa shape index (κ2) is 13.1. The number of likely N-dealkylation sites (tertiary alicyclic amines) is 1. The number of carboxylic acid groups (broad SMARTS) is 1. The van der Waals surface area contributed by atoms with Crippen LogP contribution in [0.25, 0.3) is 0 Å². The number of alkyl halides is 3. The lowest BCUT2D eigenvalue weighted by atomic mass is 10.1. The third-order valence-corrected chi connectivity index (χ3v) is 6.13. The first-order valence-electron chi connectivity index (χ1n) is 12.6. The van der Waals surface area contributed by atoms with Gasteiger partial charge in [-0.05, 0) is 59.7 Å². The van der Waals surface area contributed by atoms with Crippen LogP contribution in [0.15, 0.2) is 72.8 Å². The molecule has 1 aliphatic heterocycles. The van der Waals surface area contributed by atoms with E-state index in [9.17, 15) is 22.8 Å². The van der Waals surface area contributed by atoms with Crippen LogP contribution in [0.1, 0.15) is 24.0 Å². The van der Waals surface area contributed by atoms with Crippen molar-refractivity contribution < 1.29 is 46.8 Å². The van der Waals surface area contributed by atoms with Gasteiger partial charge in [0.1, 0.15) is 29.1 Å². The van der Waals surface area contributed by atoms with E-state index in [4.69, 9.17) is 19.3 Å². The quantitative estimate of drug-likeness (QED) is 0.332. The SMILES string of the molecule is O=C(O)Cc1ccc(OC2CCN(C(=O)Oc3ccc(CCOc4ccc(OC(F)(F)F)cc4)cc3)CC2)cc1. The van der Waals surface area contributed by atoms with Gasteiger partial charge < -0.3 is 29.0 Å². The Morgan fingerprint density at radius 2 is 1.35 bits per heavy atom. The van der Waals surface area contributed by atoms with Gasteiger partial charge in [-0.15, -0.1) is 13.2 Å². The van der Waals surface area contributed by atoms with Crippen LogP contribution in [0.5, 0.6) is 23.0 Å². The van der Waals surface area contributed by atoms with E-state index in [0.29, 0.717) is 61.8 Å². The predicted octanol–water partition coefficient (Wildman–Crippen LogP) is 5.88. The van der Waals surface area contributed by atoms with Gasteiger partial charge >= 0.3 is 18.4 Å². The molecule has 0 atom stereocenters. The highest BCUT2D eigenvalue weighted by molar-refractivity contribution is 5.71. The van der Waals surface area contributed by atoms with Gasteiger partial charge in [0.05, 0.1) is 13.0 Å². The fraction of sp³-hybridized carbons (Fsp3) is 0.310. The topological polar surface area (TPSA) is 94.5 Å². The van der Waals surface area contributed by atoms with Crippen molar-refractivity contribution in [3.63, 3.8) is 0 Å². The van der Waals surface area contributed by atoms with E-state index >= 15 is 0 Å². The molecule has 1 saturated heterocycles. The number of nitrogens with zero attached hydrogens (tertiary/aromatic N) is 1. The van der Waals surface area contributed by atoms with E-state index in [1.165, 1.54) is 24.3 Å². The largest absolute Gasteiger partial charge is 0.573 e. The first kappa shape index (κ1) is 28.6. The number of halogens is 3. The Morgan fingerprint density at radius 3 is 1.95 bits per heavy atom. The van der Waals surface area contributed by atoms with Gasteiger partial charge in [0.2, 0.25) is 0 Å². The predicted molar refractivity (Wildman–Crippen MR) is 138 cm³/mol. The van der Waals surface area contributed by atoms with Gasteiger partial charge in [-0.1, -0.05) is 24.3 Å². The Morgan fingerprint density at radius 1 is 0.800 bits per heavy atom. The van der Waals surface area contributed by atoms with Crippen LogP contribution >= 0.6 is 0 Å². The molecule has 0 bridgehead atoms. The molecule has 0 spiro atoms. The number of carbonyl (C=O) groups is 2. The maximum atomic E-state index is 12.6. The molecule has 0 radical (unpaired) electrons. The molecular formula is C29H28F3NO7. The van der Waals surface area contributed by atoms with Crippen molar-refractivity contribution in [2.75, 3.05) is 19.7 Å². The van der Waals surface area contributed by atoms with Gasteiger partial charge in [-0.2, -0.15) is 0 Å². The third kappa shape index (κ3) is 9.11. The zero-order chi connectivity index (χ0) is 28.5. The van der Waals surface area contributed by atoms with Gasteiger partial charge in [0.15, 0.2) is 0 Å². The van der Waals surface area contributed by atoms with Gasteiger partial charge in [0, 0.05) is 32.4 Å². The van der Waals surface area contributed by atoms with Gasteiger partial charge in [-0.25, -0.2) is 4.79 Å². The van der Waals surface area contributed by atoms with Gasteiger partial charge in [-0.3, -0.25) is 4.79 Å². The highest BCUT2D eigenvalue weighted by atomic mass is 19.4. The third-order valence-electron chi connectivity index (χ3n) is 6.13. The lowest BCUT2D eigenvalue weighted by molar-refractivity contribution is -0.274. The van der Waals surface area contributed by atoms with Crippen molar-refractivity contribution in [1.82, 2.24) is 4.90 Å². The minimum Gasteiger partial charge on any atom is -0.493 e. The molecule has 11 heteroatoms.